The van der Waals surface area contributed by atoms with E-state index in [4.69, 9.17) is 4.74 Å². The van der Waals surface area contributed by atoms with Gasteiger partial charge in [-0.1, -0.05) is 0 Å². The molecule has 4 nitrogen and oxygen atoms in total. The van der Waals surface area contributed by atoms with Crippen LogP contribution in [0.25, 0.3) is 0 Å². The third-order valence-corrected chi connectivity index (χ3v) is 4.26. The SMILES string of the molecule is O=C(CC[C@H]1CCCO1)Nc1nc(C2CC2)cs1. The number of nitrogens with one attached hydrogen (secondary N) is 1. The van der Waals surface area contributed by atoms with E-state index in [1.54, 1.807) is 0 Å². The largest absolute Gasteiger partial charge is 0.378 e. The maximum absolute atomic E-state index is 11.8. The van der Waals surface area contributed by atoms with Crippen molar-refractivity contribution in [1.82, 2.24) is 4.98 Å². The Hall–Kier alpha value is -0.940. The summed E-state index contributed by atoms with van der Waals surface area (Å²) in [6, 6.07) is 0. The minimum Gasteiger partial charge on any atom is -0.378 e. The summed E-state index contributed by atoms with van der Waals surface area (Å²) < 4.78 is 5.50. The highest BCUT2D eigenvalue weighted by Gasteiger charge is 2.26. The number of hydrogen-bond acceptors (Lipinski definition) is 4. The van der Waals surface area contributed by atoms with Gasteiger partial charge in [0.05, 0.1) is 11.8 Å². The van der Waals surface area contributed by atoms with Gasteiger partial charge in [-0.15, -0.1) is 11.3 Å². The van der Waals surface area contributed by atoms with Crippen molar-refractivity contribution >= 4 is 22.4 Å². The smallest absolute Gasteiger partial charge is 0.226 e. The van der Waals surface area contributed by atoms with E-state index in [0.717, 1.165) is 36.7 Å². The van der Waals surface area contributed by atoms with Crippen molar-refractivity contribution in [2.45, 2.75) is 50.5 Å². The van der Waals surface area contributed by atoms with Crippen LogP contribution >= 0.6 is 11.3 Å². The van der Waals surface area contributed by atoms with E-state index in [9.17, 15) is 4.79 Å². The van der Waals surface area contributed by atoms with Crippen LogP contribution in [0, 0.1) is 0 Å². The monoisotopic (exact) mass is 266 g/mol. The molecule has 1 saturated carbocycles. The van der Waals surface area contributed by atoms with Crippen molar-refractivity contribution in [1.29, 1.82) is 0 Å². The van der Waals surface area contributed by atoms with Crippen LogP contribution in [0.5, 0.6) is 0 Å². The van der Waals surface area contributed by atoms with Crippen molar-refractivity contribution in [2.75, 3.05) is 11.9 Å². The Bertz CT molecular complexity index is 422. The molecule has 3 rings (SSSR count). The van der Waals surface area contributed by atoms with E-state index in [1.165, 1.54) is 24.2 Å². The predicted molar refractivity (Wildman–Crippen MR) is 70.9 cm³/mol. The molecule has 1 aliphatic carbocycles. The Morgan fingerprint density at radius 3 is 3.11 bits per heavy atom. The lowest BCUT2D eigenvalue weighted by molar-refractivity contribution is -0.116. The van der Waals surface area contributed by atoms with Gasteiger partial charge in [0.2, 0.25) is 5.91 Å². The summed E-state index contributed by atoms with van der Waals surface area (Å²) in [5.74, 6) is 0.709. The number of aromatic nitrogens is 1. The zero-order chi connectivity index (χ0) is 12.4. The fourth-order valence-electron chi connectivity index (χ4n) is 2.26. The molecule has 1 saturated heterocycles. The second kappa shape index (κ2) is 5.36. The molecule has 2 heterocycles. The van der Waals surface area contributed by atoms with Crippen LogP contribution in [-0.2, 0) is 9.53 Å². The van der Waals surface area contributed by atoms with Gasteiger partial charge in [0.25, 0.3) is 0 Å². The highest BCUT2D eigenvalue weighted by atomic mass is 32.1. The second-order valence-corrected chi connectivity index (χ2v) is 5.93. The van der Waals surface area contributed by atoms with Gasteiger partial charge in [0, 0.05) is 24.3 Å². The van der Waals surface area contributed by atoms with E-state index in [0.29, 0.717) is 12.3 Å². The Labute approximate surface area is 111 Å². The van der Waals surface area contributed by atoms with Gasteiger partial charge in [-0.05, 0) is 32.1 Å². The van der Waals surface area contributed by atoms with Crippen LogP contribution in [0.15, 0.2) is 5.38 Å². The molecule has 0 spiro atoms. The zero-order valence-electron chi connectivity index (χ0n) is 10.4. The minimum atomic E-state index is 0.0576. The van der Waals surface area contributed by atoms with E-state index >= 15 is 0 Å². The lowest BCUT2D eigenvalue weighted by Gasteiger charge is -2.07. The second-order valence-electron chi connectivity index (χ2n) is 5.07. The molecule has 1 aromatic rings. The zero-order valence-corrected chi connectivity index (χ0v) is 11.2. The molecule has 1 atom stereocenters. The molecule has 98 valence electrons. The highest BCUT2D eigenvalue weighted by molar-refractivity contribution is 7.13. The van der Waals surface area contributed by atoms with Crippen molar-refractivity contribution in [2.24, 2.45) is 0 Å². The number of nitrogens with zero attached hydrogens (tertiary/aromatic N) is 1. The average Bonchev–Trinajstić information content (AvgIpc) is 2.90. The van der Waals surface area contributed by atoms with Crippen LogP contribution in [0.3, 0.4) is 0 Å². The predicted octanol–water partition coefficient (Wildman–Crippen LogP) is 2.92. The Morgan fingerprint density at radius 1 is 1.50 bits per heavy atom. The maximum atomic E-state index is 11.8. The van der Waals surface area contributed by atoms with Crippen LogP contribution in [0.4, 0.5) is 5.13 Å². The third kappa shape index (κ3) is 3.09. The fraction of sp³-hybridized carbons (Fsp3) is 0.692. The Morgan fingerprint density at radius 2 is 2.39 bits per heavy atom. The normalized spacial score (nSPS) is 23.2. The Kier molecular flexibility index (Phi) is 3.61. The maximum Gasteiger partial charge on any atom is 0.226 e. The molecule has 0 unspecified atom stereocenters. The quantitative estimate of drug-likeness (QED) is 0.891. The summed E-state index contributed by atoms with van der Waals surface area (Å²) in [4.78, 5) is 16.2. The molecule has 2 aliphatic rings. The first-order chi connectivity index (χ1) is 8.81. The summed E-state index contributed by atoms with van der Waals surface area (Å²) in [6.45, 7) is 0.851. The molecule has 1 aliphatic heterocycles. The topological polar surface area (TPSA) is 51.2 Å². The van der Waals surface area contributed by atoms with E-state index in [1.807, 2.05) is 0 Å². The van der Waals surface area contributed by atoms with Crippen molar-refractivity contribution in [3.63, 3.8) is 0 Å². The first-order valence-corrected chi connectivity index (χ1v) is 7.56. The standard InChI is InChI=1S/C13H18N2O2S/c16-12(6-5-10-2-1-7-17-10)15-13-14-11(8-18-13)9-3-4-9/h8-10H,1-7H2,(H,14,15,16)/t10-/m1/s1. The van der Waals surface area contributed by atoms with Crippen LogP contribution < -0.4 is 5.32 Å². The Balaban J connectivity index is 1.44. The molecule has 0 aromatic carbocycles. The van der Waals surface area contributed by atoms with Crippen LogP contribution in [0.1, 0.15) is 50.1 Å². The first kappa shape index (κ1) is 12.1. The van der Waals surface area contributed by atoms with Crippen LogP contribution in [0.2, 0.25) is 0 Å². The average molecular weight is 266 g/mol. The number of hydrogen-bond donors (Lipinski definition) is 1. The van der Waals surface area contributed by atoms with Gasteiger partial charge in [-0.2, -0.15) is 0 Å². The number of rotatable bonds is 5. The molecule has 2 fully saturated rings. The number of carbonyl (C=O) groups excluding carboxylic acids is 1. The lowest BCUT2D eigenvalue weighted by atomic mass is 10.1. The highest BCUT2D eigenvalue weighted by Crippen LogP contribution is 2.40. The number of anilines is 1. The number of ether oxygens (including phenoxy) is 1. The number of carbonyl (C=O) groups is 1. The molecule has 1 aromatic heterocycles. The van der Waals surface area contributed by atoms with Gasteiger partial charge < -0.3 is 10.1 Å². The molecule has 1 N–H and O–H groups in total. The summed E-state index contributed by atoms with van der Waals surface area (Å²) in [5, 5.41) is 5.69. The van der Waals surface area contributed by atoms with E-state index in [-0.39, 0.29) is 12.0 Å². The number of thiazole rings is 1. The molecule has 0 radical (unpaired) electrons. The van der Waals surface area contributed by atoms with E-state index < -0.39 is 0 Å². The molecule has 1 amide bonds. The number of amides is 1. The van der Waals surface area contributed by atoms with Crippen molar-refractivity contribution in [3.8, 4) is 0 Å². The molecule has 0 bridgehead atoms. The molecular weight excluding hydrogens is 248 g/mol. The lowest BCUT2D eigenvalue weighted by Crippen LogP contribution is -2.15. The van der Waals surface area contributed by atoms with Gasteiger partial charge in [-0.25, -0.2) is 4.98 Å². The molecule has 18 heavy (non-hydrogen) atoms. The van der Waals surface area contributed by atoms with Crippen molar-refractivity contribution in [3.05, 3.63) is 11.1 Å². The summed E-state index contributed by atoms with van der Waals surface area (Å²) in [7, 11) is 0. The molecular formula is C13H18N2O2S. The summed E-state index contributed by atoms with van der Waals surface area (Å²) in [5.41, 5.74) is 1.15. The summed E-state index contributed by atoms with van der Waals surface area (Å²) >= 11 is 1.53. The molecule has 5 heteroatoms. The minimum absolute atomic E-state index is 0.0576. The third-order valence-electron chi connectivity index (χ3n) is 3.48. The summed E-state index contributed by atoms with van der Waals surface area (Å²) in [6.07, 6.45) is 6.36. The van der Waals surface area contributed by atoms with Gasteiger partial charge in [-0.3, -0.25) is 4.79 Å². The van der Waals surface area contributed by atoms with E-state index in [2.05, 4.69) is 15.7 Å². The van der Waals surface area contributed by atoms with Crippen molar-refractivity contribution < 1.29 is 9.53 Å². The first-order valence-electron chi connectivity index (χ1n) is 6.68. The van der Waals surface area contributed by atoms with Crippen LogP contribution in [-0.4, -0.2) is 23.6 Å². The van der Waals surface area contributed by atoms with Gasteiger partial charge >= 0.3 is 0 Å². The van der Waals surface area contributed by atoms with Gasteiger partial charge in [0.15, 0.2) is 5.13 Å². The fourth-order valence-corrected chi connectivity index (χ4v) is 3.06. The van der Waals surface area contributed by atoms with Gasteiger partial charge in [0.1, 0.15) is 0 Å².